The SMILES string of the molecule is Cc1ccccc1-c1c2cc(CC(C)C)ncc2cc[n+]1C.Cc1ccccc1-c1c2cnc(C(C)C)cc2cc[n+]1C.Cc1ccccc1-c1c2cnc(CC(C)C)cc2cc[n+]1C.Cc1ccccc1-c1c2cnccc2cc[n+]1C.Cc1ccccc1-c1c2ncc(C(C)C)cc2cc[n+]1C.Cc1ccccc1-c1c2ncccc2cc[n+]1C. The normalized spacial score (nSPS) is 11.1. The molecule has 0 fully saturated rings. The summed E-state index contributed by atoms with van der Waals surface area (Å²) in [5, 5.41) is 12.2. The van der Waals surface area contributed by atoms with Gasteiger partial charge in [-0.15, -0.1) is 0 Å². The van der Waals surface area contributed by atoms with Crippen LogP contribution in [-0.2, 0) is 55.1 Å². The van der Waals surface area contributed by atoms with Crippen molar-refractivity contribution in [2.24, 2.45) is 54.1 Å². The Bertz CT molecular complexity index is 6510. The highest BCUT2D eigenvalue weighted by atomic mass is 15.0. The van der Waals surface area contributed by atoms with E-state index >= 15 is 0 Å². The van der Waals surface area contributed by atoms with Gasteiger partial charge in [-0.3, -0.25) is 19.9 Å². The molecule has 12 nitrogen and oxygen atoms in total. The van der Waals surface area contributed by atoms with Crippen LogP contribution in [0.25, 0.3) is 132 Å². The summed E-state index contributed by atoms with van der Waals surface area (Å²) in [5.74, 6) is 2.19. The summed E-state index contributed by atoms with van der Waals surface area (Å²) < 4.78 is 13.0. The number of benzene rings is 6. The van der Waals surface area contributed by atoms with Crippen LogP contribution in [0.2, 0.25) is 0 Å². The number of nitrogens with zero attached hydrogens (tertiary/aromatic N) is 12. The first-order valence-electron chi connectivity index (χ1n) is 42.7. The molecular formula is C110H118N12+6. The van der Waals surface area contributed by atoms with Gasteiger partial charge in [0.05, 0.1) is 32.7 Å². The lowest BCUT2D eigenvalue weighted by Gasteiger charge is -2.09. The molecule has 6 aromatic carbocycles. The van der Waals surface area contributed by atoms with Crippen LogP contribution in [0.3, 0.4) is 0 Å². The second-order valence-electron chi connectivity index (χ2n) is 33.9. The monoisotopic (exact) mass is 1610 g/mol. The number of aromatic nitrogens is 12. The van der Waals surface area contributed by atoms with E-state index in [4.69, 9.17) is 9.97 Å². The van der Waals surface area contributed by atoms with E-state index in [-0.39, 0.29) is 0 Å². The highest BCUT2D eigenvalue weighted by Gasteiger charge is 2.25. The van der Waals surface area contributed by atoms with Gasteiger partial charge < -0.3 is 0 Å². The molecule has 0 N–H and O–H groups in total. The molecule has 0 saturated heterocycles. The average Bonchev–Trinajstić information content (AvgIpc) is 0.825. The zero-order valence-electron chi connectivity index (χ0n) is 75.0. The van der Waals surface area contributed by atoms with Crippen molar-refractivity contribution in [1.29, 1.82) is 0 Å². The Morgan fingerprint density at radius 2 is 0.607 bits per heavy atom. The zero-order chi connectivity index (χ0) is 86.4. The highest BCUT2D eigenvalue weighted by molar-refractivity contribution is 5.97. The third-order valence-electron chi connectivity index (χ3n) is 22.9. The molecule has 612 valence electrons. The number of hydrogen-bond acceptors (Lipinski definition) is 6. The summed E-state index contributed by atoms with van der Waals surface area (Å²) in [6.45, 7) is 30.6. The summed E-state index contributed by atoms with van der Waals surface area (Å²) in [4.78, 5) is 27.5. The fourth-order valence-electron chi connectivity index (χ4n) is 16.2. The van der Waals surface area contributed by atoms with E-state index < -0.39 is 0 Å². The first-order chi connectivity index (χ1) is 58.8. The number of hydrogen-bond donors (Lipinski definition) is 0. The van der Waals surface area contributed by atoms with E-state index in [1.54, 1.807) is 0 Å². The molecule has 0 radical (unpaired) electrons. The molecule has 0 saturated carbocycles. The van der Waals surface area contributed by atoms with Gasteiger partial charge in [0.2, 0.25) is 34.2 Å². The van der Waals surface area contributed by atoms with E-state index in [1.807, 2.05) is 49.4 Å². The van der Waals surface area contributed by atoms with Crippen molar-refractivity contribution in [2.75, 3.05) is 0 Å². The van der Waals surface area contributed by atoms with Crippen molar-refractivity contribution in [2.45, 2.75) is 122 Å². The Morgan fingerprint density at radius 1 is 0.254 bits per heavy atom. The van der Waals surface area contributed by atoms with E-state index in [0.29, 0.717) is 23.7 Å². The van der Waals surface area contributed by atoms with Crippen LogP contribution in [0.5, 0.6) is 0 Å². The third-order valence-corrected chi connectivity index (χ3v) is 22.9. The molecule has 122 heavy (non-hydrogen) atoms. The molecule has 0 spiro atoms. The fraction of sp³-hybridized carbons (Fsp3) is 0.236. The van der Waals surface area contributed by atoms with Gasteiger partial charge in [0.25, 0.3) is 0 Å². The van der Waals surface area contributed by atoms with Crippen molar-refractivity contribution in [3.05, 3.63) is 361 Å². The average molecular weight is 1610 g/mol. The van der Waals surface area contributed by atoms with Crippen LogP contribution < -0.4 is 27.4 Å². The minimum atomic E-state index is 0.449. The topological polar surface area (TPSA) is 101 Å². The molecule has 0 unspecified atom stereocenters. The molecule has 0 aliphatic carbocycles. The molecule has 12 heterocycles. The van der Waals surface area contributed by atoms with Crippen LogP contribution >= 0.6 is 0 Å². The molecule has 0 atom stereocenters. The second-order valence-corrected chi connectivity index (χ2v) is 33.9. The van der Waals surface area contributed by atoms with Crippen LogP contribution in [0.15, 0.2) is 305 Å². The first kappa shape index (κ1) is 86.5. The largest absolute Gasteiger partial charge is 0.264 e. The second kappa shape index (κ2) is 39.3. The predicted octanol–water partition coefficient (Wildman–Crippen LogP) is 22.9. The quantitative estimate of drug-likeness (QED) is 0.113. The Labute approximate surface area is 722 Å². The van der Waals surface area contributed by atoms with Gasteiger partial charge in [0.15, 0.2) is 37.2 Å². The summed E-state index contributed by atoms with van der Waals surface area (Å²) in [6, 6.07) is 79.0. The molecule has 12 heteroatoms. The van der Waals surface area contributed by atoms with E-state index in [1.165, 1.54) is 172 Å². The maximum atomic E-state index is 4.76. The Hall–Kier alpha value is -13.3. The predicted molar refractivity (Wildman–Crippen MR) is 504 cm³/mol. The maximum absolute atomic E-state index is 4.76. The minimum Gasteiger partial charge on any atom is -0.264 e. The van der Waals surface area contributed by atoms with Gasteiger partial charge in [-0.25, -0.2) is 28.2 Å². The number of pyridine rings is 12. The fourth-order valence-corrected chi connectivity index (χ4v) is 16.2. The van der Waals surface area contributed by atoms with E-state index in [2.05, 4.69) is 442 Å². The Morgan fingerprint density at radius 3 is 1.04 bits per heavy atom. The standard InChI is InChI=1S/2C20H23N2.2C19H21N2.2C16H15N2/c1-14(2)11-17-12-19-16(13-21-17)9-10-22(4)20(19)18-8-6-5-7-15(18)3;1-14(2)11-17-12-16-9-10-22(4)20(19(16)13-21-17)18-8-6-5-7-15(18)3;1-13(2)16-11-15-9-10-21(4)19(18(15)20-12-16)17-8-6-5-7-14(17)3;1-13(2)18-11-15-9-10-21(4)19(17(15)12-20-18)16-8-6-5-7-14(16)3;1-12-6-3-4-8-14(12)16-15-13(7-5-10-17-15)9-11-18(16)2;1-12-5-3-4-6-14(12)16-15-11-17-9-7-13(15)8-10-18(16)2/h2*5-10,12-14H,11H2,1-4H3;2*5-13H,1-4H3;2*3-11H,1-2H3/q6*+1. The van der Waals surface area contributed by atoms with Crippen molar-refractivity contribution < 1.29 is 27.4 Å². The lowest BCUT2D eigenvalue weighted by atomic mass is 9.99. The molecular weight excluding hydrogens is 1490 g/mol. The summed E-state index contributed by atoms with van der Waals surface area (Å²) >= 11 is 0. The summed E-state index contributed by atoms with van der Waals surface area (Å²) in [5.41, 5.74) is 29.5. The lowest BCUT2D eigenvalue weighted by molar-refractivity contribution is -0.659. The Balaban J connectivity index is 0.000000126. The van der Waals surface area contributed by atoms with Crippen molar-refractivity contribution in [3.8, 4) is 67.5 Å². The molecule has 0 aliphatic rings. The lowest BCUT2D eigenvalue weighted by Crippen LogP contribution is -2.31. The van der Waals surface area contributed by atoms with Crippen LogP contribution in [0.1, 0.15) is 123 Å². The molecule has 18 rings (SSSR count). The van der Waals surface area contributed by atoms with Gasteiger partial charge in [-0.05, 0) is 206 Å². The maximum Gasteiger partial charge on any atom is 0.239 e. The van der Waals surface area contributed by atoms with Gasteiger partial charge in [-0.1, -0.05) is 171 Å². The van der Waals surface area contributed by atoms with Crippen molar-refractivity contribution >= 4 is 64.9 Å². The van der Waals surface area contributed by atoms with Gasteiger partial charge in [-0.2, -0.15) is 9.13 Å². The smallest absolute Gasteiger partial charge is 0.239 e. The summed E-state index contributed by atoms with van der Waals surface area (Å²) in [6.07, 6.45) is 28.5. The van der Waals surface area contributed by atoms with E-state index in [9.17, 15) is 0 Å². The summed E-state index contributed by atoms with van der Waals surface area (Å²) in [7, 11) is 12.5. The first-order valence-corrected chi connectivity index (χ1v) is 42.7. The molecule has 18 aromatic rings. The van der Waals surface area contributed by atoms with Crippen molar-refractivity contribution in [1.82, 2.24) is 29.9 Å². The Kier molecular flexibility index (Phi) is 27.8. The van der Waals surface area contributed by atoms with Crippen LogP contribution in [0, 0.1) is 53.4 Å². The van der Waals surface area contributed by atoms with Crippen molar-refractivity contribution in [3.63, 3.8) is 0 Å². The number of aryl methyl sites for hydroxylation is 12. The zero-order valence-corrected chi connectivity index (χ0v) is 75.0. The number of rotatable bonds is 12. The minimum absolute atomic E-state index is 0.449. The third kappa shape index (κ3) is 19.9. The van der Waals surface area contributed by atoms with Crippen LogP contribution in [-0.4, -0.2) is 29.9 Å². The molecule has 0 aliphatic heterocycles. The molecule has 12 aromatic heterocycles. The molecule has 0 bridgehead atoms. The van der Waals surface area contributed by atoms with E-state index in [0.717, 1.165) is 29.6 Å². The van der Waals surface area contributed by atoms with Gasteiger partial charge >= 0.3 is 0 Å². The number of fused-ring (bicyclic) bond motifs is 6. The van der Waals surface area contributed by atoms with Crippen LogP contribution in [0.4, 0.5) is 0 Å². The van der Waals surface area contributed by atoms with Gasteiger partial charge in [0.1, 0.15) is 53.3 Å². The highest BCUT2D eigenvalue weighted by Crippen LogP contribution is 2.35. The van der Waals surface area contributed by atoms with Gasteiger partial charge in [0, 0.05) is 135 Å². The molecule has 0 amide bonds.